The topological polar surface area (TPSA) is 63.8 Å². The lowest BCUT2D eigenvalue weighted by molar-refractivity contribution is 0.430. The van der Waals surface area contributed by atoms with Gasteiger partial charge in [0.25, 0.3) is 0 Å². The van der Waals surface area contributed by atoms with Crippen LogP contribution in [0.25, 0.3) is 21.8 Å². The second kappa shape index (κ2) is 5.98. The molecular weight excluding hydrogens is 332 g/mol. The molecule has 1 aromatic carbocycles. The third-order valence-electron chi connectivity index (χ3n) is 3.32. The van der Waals surface area contributed by atoms with E-state index in [1.807, 2.05) is 24.3 Å². The summed E-state index contributed by atoms with van der Waals surface area (Å²) in [7, 11) is 0. The molecule has 0 spiro atoms. The number of nitrogens with zero attached hydrogens (tertiary/aromatic N) is 3. The van der Waals surface area contributed by atoms with Gasteiger partial charge < -0.3 is 9.84 Å². The summed E-state index contributed by atoms with van der Waals surface area (Å²) in [5.74, 6) is 1.75. The fourth-order valence-corrected chi connectivity index (χ4v) is 3.34. The zero-order valence-corrected chi connectivity index (χ0v) is 13.4. The molecule has 0 amide bonds. The standard InChI is InChI=1S/C16H11ClN4OS/c17-13-8-11-14(18-9-10-4-2-1-3-5-10)20-15(21-16(11)23-13)12-6-7-19-22-12/h1-8H,9H2,(H,18,20,21). The van der Waals surface area contributed by atoms with Gasteiger partial charge in [0, 0.05) is 12.6 Å². The fourth-order valence-electron chi connectivity index (χ4n) is 2.25. The van der Waals surface area contributed by atoms with E-state index in [2.05, 4.69) is 32.6 Å². The second-order valence-electron chi connectivity index (χ2n) is 4.88. The minimum absolute atomic E-state index is 0.490. The van der Waals surface area contributed by atoms with Crippen LogP contribution in [-0.4, -0.2) is 15.1 Å². The monoisotopic (exact) mass is 342 g/mol. The van der Waals surface area contributed by atoms with Gasteiger partial charge in [0.2, 0.25) is 11.6 Å². The molecule has 0 radical (unpaired) electrons. The van der Waals surface area contributed by atoms with Gasteiger partial charge in [-0.3, -0.25) is 0 Å². The Kier molecular flexibility index (Phi) is 3.69. The van der Waals surface area contributed by atoms with Crippen molar-refractivity contribution in [1.29, 1.82) is 0 Å². The van der Waals surface area contributed by atoms with Crippen molar-refractivity contribution in [2.24, 2.45) is 0 Å². The predicted octanol–water partition coefficient (Wildman–Crippen LogP) is 4.61. The van der Waals surface area contributed by atoms with E-state index >= 15 is 0 Å². The molecule has 0 saturated heterocycles. The number of nitrogens with one attached hydrogen (secondary N) is 1. The highest BCUT2D eigenvalue weighted by Crippen LogP contribution is 2.33. The zero-order valence-electron chi connectivity index (χ0n) is 11.9. The molecule has 4 rings (SSSR count). The van der Waals surface area contributed by atoms with Crippen LogP contribution in [0.5, 0.6) is 0 Å². The summed E-state index contributed by atoms with van der Waals surface area (Å²) in [6.07, 6.45) is 1.57. The van der Waals surface area contributed by atoms with E-state index in [0.717, 1.165) is 16.0 Å². The number of halogens is 1. The number of thiophene rings is 1. The number of fused-ring (bicyclic) bond motifs is 1. The summed E-state index contributed by atoms with van der Waals surface area (Å²) in [4.78, 5) is 9.88. The average Bonchev–Trinajstić information content (AvgIpc) is 3.21. The first-order chi connectivity index (χ1) is 11.3. The van der Waals surface area contributed by atoms with E-state index < -0.39 is 0 Å². The van der Waals surface area contributed by atoms with Gasteiger partial charge in [-0.25, -0.2) is 9.97 Å². The fraction of sp³-hybridized carbons (Fsp3) is 0.0625. The molecule has 3 aromatic heterocycles. The van der Waals surface area contributed by atoms with Crippen LogP contribution in [-0.2, 0) is 6.54 Å². The maximum absolute atomic E-state index is 6.14. The number of aromatic nitrogens is 3. The lowest BCUT2D eigenvalue weighted by Crippen LogP contribution is -2.03. The van der Waals surface area contributed by atoms with Crippen LogP contribution in [0, 0.1) is 0 Å². The third kappa shape index (κ3) is 2.91. The van der Waals surface area contributed by atoms with Crippen LogP contribution in [0.3, 0.4) is 0 Å². The van der Waals surface area contributed by atoms with Gasteiger partial charge in [-0.15, -0.1) is 11.3 Å². The summed E-state index contributed by atoms with van der Waals surface area (Å²) in [5.41, 5.74) is 1.17. The van der Waals surface area contributed by atoms with Crippen molar-refractivity contribution in [3.05, 3.63) is 58.6 Å². The molecule has 114 valence electrons. The highest BCUT2D eigenvalue weighted by atomic mass is 35.5. The van der Waals surface area contributed by atoms with Crippen molar-refractivity contribution in [3.8, 4) is 11.6 Å². The molecular formula is C16H11ClN4OS. The highest BCUT2D eigenvalue weighted by molar-refractivity contribution is 7.22. The Morgan fingerprint density at radius 2 is 2.00 bits per heavy atom. The largest absolute Gasteiger partial charge is 0.365 e. The van der Waals surface area contributed by atoms with Gasteiger partial charge in [0.05, 0.1) is 15.9 Å². The number of benzene rings is 1. The molecule has 0 aliphatic carbocycles. The summed E-state index contributed by atoms with van der Waals surface area (Å²) in [5, 5.41) is 7.97. The first kappa shape index (κ1) is 14.2. The van der Waals surface area contributed by atoms with Crippen molar-refractivity contribution < 1.29 is 4.52 Å². The van der Waals surface area contributed by atoms with Gasteiger partial charge in [-0.05, 0) is 11.6 Å². The summed E-state index contributed by atoms with van der Waals surface area (Å²) < 4.78 is 5.83. The van der Waals surface area contributed by atoms with E-state index in [4.69, 9.17) is 16.1 Å². The van der Waals surface area contributed by atoms with Crippen LogP contribution in [0.15, 0.2) is 53.2 Å². The molecule has 7 heteroatoms. The Morgan fingerprint density at radius 1 is 1.13 bits per heavy atom. The Morgan fingerprint density at radius 3 is 2.78 bits per heavy atom. The lowest BCUT2D eigenvalue weighted by atomic mass is 10.2. The Hall–Kier alpha value is -2.44. The van der Waals surface area contributed by atoms with E-state index in [1.165, 1.54) is 16.9 Å². The van der Waals surface area contributed by atoms with Crippen LogP contribution in [0.2, 0.25) is 4.34 Å². The first-order valence-electron chi connectivity index (χ1n) is 6.95. The quantitative estimate of drug-likeness (QED) is 0.586. The van der Waals surface area contributed by atoms with E-state index in [-0.39, 0.29) is 0 Å². The Balaban J connectivity index is 1.74. The Bertz CT molecular complexity index is 938. The Labute approximate surface area is 140 Å². The average molecular weight is 343 g/mol. The molecule has 3 heterocycles. The van der Waals surface area contributed by atoms with E-state index in [0.29, 0.717) is 22.5 Å². The second-order valence-corrected chi connectivity index (χ2v) is 6.54. The van der Waals surface area contributed by atoms with Crippen molar-refractivity contribution in [3.63, 3.8) is 0 Å². The maximum Gasteiger partial charge on any atom is 0.204 e. The molecule has 4 aromatic rings. The number of rotatable bonds is 4. The molecule has 0 saturated carbocycles. The molecule has 0 atom stereocenters. The van der Waals surface area contributed by atoms with Crippen LogP contribution in [0.4, 0.5) is 5.82 Å². The lowest BCUT2D eigenvalue weighted by Gasteiger charge is -2.08. The SMILES string of the molecule is Clc1cc2c(NCc3ccccc3)nc(-c3ccno3)nc2s1. The van der Waals surface area contributed by atoms with Crippen LogP contribution in [0.1, 0.15) is 5.56 Å². The summed E-state index contributed by atoms with van der Waals surface area (Å²) in [6, 6.07) is 13.7. The molecule has 1 N–H and O–H groups in total. The number of hydrogen-bond donors (Lipinski definition) is 1. The first-order valence-corrected chi connectivity index (χ1v) is 8.15. The number of anilines is 1. The maximum atomic E-state index is 6.14. The van der Waals surface area contributed by atoms with Crippen LogP contribution >= 0.6 is 22.9 Å². The van der Waals surface area contributed by atoms with Crippen molar-refractivity contribution >= 4 is 39.0 Å². The molecule has 0 bridgehead atoms. The molecule has 5 nitrogen and oxygen atoms in total. The van der Waals surface area contributed by atoms with Crippen molar-refractivity contribution in [1.82, 2.24) is 15.1 Å². The van der Waals surface area contributed by atoms with Crippen LogP contribution < -0.4 is 5.32 Å². The smallest absolute Gasteiger partial charge is 0.204 e. The van der Waals surface area contributed by atoms with Gasteiger partial charge in [0.15, 0.2) is 0 Å². The van der Waals surface area contributed by atoms with Gasteiger partial charge >= 0.3 is 0 Å². The normalized spacial score (nSPS) is 11.0. The minimum atomic E-state index is 0.490. The summed E-state index contributed by atoms with van der Waals surface area (Å²) in [6.45, 7) is 0.663. The molecule has 23 heavy (non-hydrogen) atoms. The van der Waals surface area contributed by atoms with Gasteiger partial charge in [-0.1, -0.05) is 47.1 Å². The zero-order chi connectivity index (χ0) is 15.6. The minimum Gasteiger partial charge on any atom is -0.365 e. The van der Waals surface area contributed by atoms with Crippen molar-refractivity contribution in [2.75, 3.05) is 5.32 Å². The molecule has 0 aliphatic heterocycles. The van der Waals surface area contributed by atoms with E-state index in [1.54, 1.807) is 12.3 Å². The summed E-state index contributed by atoms with van der Waals surface area (Å²) >= 11 is 7.55. The number of hydrogen-bond acceptors (Lipinski definition) is 6. The predicted molar refractivity (Wildman–Crippen MR) is 91.7 cm³/mol. The third-order valence-corrected chi connectivity index (χ3v) is 4.48. The highest BCUT2D eigenvalue weighted by Gasteiger charge is 2.14. The molecule has 0 fully saturated rings. The van der Waals surface area contributed by atoms with Gasteiger partial charge in [0.1, 0.15) is 10.6 Å². The van der Waals surface area contributed by atoms with Gasteiger partial charge in [-0.2, -0.15) is 0 Å². The van der Waals surface area contributed by atoms with Crippen molar-refractivity contribution in [2.45, 2.75) is 6.54 Å². The molecule has 0 aliphatic rings. The molecule has 0 unspecified atom stereocenters. The van der Waals surface area contributed by atoms with E-state index in [9.17, 15) is 0 Å².